The molecule has 2 unspecified atom stereocenters. The Bertz CT molecular complexity index is 461. The van der Waals surface area contributed by atoms with E-state index in [0.717, 1.165) is 0 Å². The minimum Gasteiger partial charge on any atom is -0.481 e. The van der Waals surface area contributed by atoms with Crippen molar-refractivity contribution in [3.05, 3.63) is 23.5 Å². The first-order valence-electron chi connectivity index (χ1n) is 5.71. The van der Waals surface area contributed by atoms with E-state index in [1.807, 2.05) is 0 Å². The zero-order valence-corrected chi connectivity index (χ0v) is 10.4. The van der Waals surface area contributed by atoms with Crippen LogP contribution in [0.25, 0.3) is 0 Å². The predicted molar refractivity (Wildman–Crippen MR) is 66.3 cm³/mol. The SMILES string of the molecule is O=C(O)C1CCC(C(=O)Nc2ccc(Cl)nc2)C1. The molecular formula is C12H13ClN2O3. The molecule has 1 saturated carbocycles. The summed E-state index contributed by atoms with van der Waals surface area (Å²) in [4.78, 5) is 26.6. The number of hydrogen-bond acceptors (Lipinski definition) is 3. The molecule has 2 N–H and O–H groups in total. The second-order valence-electron chi connectivity index (χ2n) is 4.40. The fourth-order valence-electron chi connectivity index (χ4n) is 2.14. The van der Waals surface area contributed by atoms with Crippen molar-refractivity contribution in [1.29, 1.82) is 0 Å². The van der Waals surface area contributed by atoms with Gasteiger partial charge in [-0.05, 0) is 31.4 Å². The van der Waals surface area contributed by atoms with E-state index in [9.17, 15) is 9.59 Å². The molecule has 1 amide bonds. The number of nitrogens with one attached hydrogen (secondary N) is 1. The molecule has 2 rings (SSSR count). The maximum absolute atomic E-state index is 11.9. The molecule has 5 nitrogen and oxygen atoms in total. The number of nitrogens with zero attached hydrogens (tertiary/aromatic N) is 1. The van der Waals surface area contributed by atoms with E-state index >= 15 is 0 Å². The molecule has 2 atom stereocenters. The van der Waals surface area contributed by atoms with Gasteiger partial charge in [-0.25, -0.2) is 4.98 Å². The lowest BCUT2D eigenvalue weighted by atomic mass is 10.0. The van der Waals surface area contributed by atoms with Crippen molar-refractivity contribution >= 4 is 29.2 Å². The van der Waals surface area contributed by atoms with Crippen LogP contribution in [0.2, 0.25) is 5.15 Å². The lowest BCUT2D eigenvalue weighted by molar-refractivity contribution is -0.141. The Morgan fingerprint density at radius 2 is 2.06 bits per heavy atom. The Labute approximate surface area is 109 Å². The molecule has 0 aliphatic heterocycles. The van der Waals surface area contributed by atoms with Gasteiger partial charge >= 0.3 is 5.97 Å². The highest BCUT2D eigenvalue weighted by Crippen LogP contribution is 2.31. The summed E-state index contributed by atoms with van der Waals surface area (Å²) in [6.45, 7) is 0. The second-order valence-corrected chi connectivity index (χ2v) is 4.79. The van der Waals surface area contributed by atoms with Crippen molar-refractivity contribution in [2.45, 2.75) is 19.3 Å². The standard InChI is InChI=1S/C12H13ClN2O3/c13-10-4-3-9(6-14-10)15-11(16)7-1-2-8(5-7)12(17)18/h3-4,6-8H,1-2,5H2,(H,15,16)(H,17,18). The van der Waals surface area contributed by atoms with Gasteiger partial charge in [-0.3, -0.25) is 9.59 Å². The highest BCUT2D eigenvalue weighted by atomic mass is 35.5. The Kier molecular flexibility index (Phi) is 3.81. The number of carbonyl (C=O) groups is 2. The van der Waals surface area contributed by atoms with Gasteiger partial charge in [0, 0.05) is 5.92 Å². The summed E-state index contributed by atoms with van der Waals surface area (Å²) < 4.78 is 0. The minimum absolute atomic E-state index is 0.150. The molecule has 1 aromatic rings. The Morgan fingerprint density at radius 3 is 2.61 bits per heavy atom. The summed E-state index contributed by atoms with van der Waals surface area (Å²) in [5.74, 6) is -1.60. The molecule has 0 radical (unpaired) electrons. The first kappa shape index (κ1) is 12.8. The summed E-state index contributed by atoms with van der Waals surface area (Å²) in [5, 5.41) is 12.0. The van der Waals surface area contributed by atoms with Gasteiger partial charge in [0.05, 0.1) is 17.8 Å². The monoisotopic (exact) mass is 268 g/mol. The number of halogens is 1. The molecule has 0 aromatic carbocycles. The zero-order chi connectivity index (χ0) is 13.1. The summed E-state index contributed by atoms with van der Waals surface area (Å²) in [6, 6.07) is 3.25. The van der Waals surface area contributed by atoms with Gasteiger partial charge in [-0.1, -0.05) is 11.6 Å². The van der Waals surface area contributed by atoms with Crippen molar-refractivity contribution in [1.82, 2.24) is 4.98 Å². The number of pyridine rings is 1. The lowest BCUT2D eigenvalue weighted by Crippen LogP contribution is -2.21. The van der Waals surface area contributed by atoms with Crippen LogP contribution in [0, 0.1) is 11.8 Å². The van der Waals surface area contributed by atoms with E-state index < -0.39 is 11.9 Å². The van der Waals surface area contributed by atoms with Crippen LogP contribution in [-0.2, 0) is 9.59 Å². The van der Waals surface area contributed by atoms with E-state index in [4.69, 9.17) is 16.7 Å². The fraction of sp³-hybridized carbons (Fsp3) is 0.417. The number of carboxylic acids is 1. The van der Waals surface area contributed by atoms with Gasteiger partial charge in [0.2, 0.25) is 5.91 Å². The smallest absolute Gasteiger partial charge is 0.306 e. The molecule has 0 spiro atoms. The molecule has 1 aliphatic rings. The molecule has 18 heavy (non-hydrogen) atoms. The highest BCUT2D eigenvalue weighted by molar-refractivity contribution is 6.29. The number of hydrogen-bond donors (Lipinski definition) is 2. The van der Waals surface area contributed by atoms with Crippen molar-refractivity contribution in [3.8, 4) is 0 Å². The average Bonchev–Trinajstić information content (AvgIpc) is 2.81. The molecule has 1 aliphatic carbocycles. The number of amides is 1. The minimum atomic E-state index is -0.821. The van der Waals surface area contributed by atoms with Crippen molar-refractivity contribution in [2.75, 3.05) is 5.32 Å². The van der Waals surface area contributed by atoms with Gasteiger partial charge in [-0.2, -0.15) is 0 Å². The van der Waals surface area contributed by atoms with Gasteiger partial charge in [0.25, 0.3) is 0 Å². The van der Waals surface area contributed by atoms with Gasteiger partial charge in [0.1, 0.15) is 5.15 Å². The zero-order valence-electron chi connectivity index (χ0n) is 9.60. The van der Waals surface area contributed by atoms with E-state index in [1.165, 1.54) is 6.20 Å². The maximum Gasteiger partial charge on any atom is 0.306 e. The molecule has 1 fully saturated rings. The highest BCUT2D eigenvalue weighted by Gasteiger charge is 2.33. The molecule has 0 bridgehead atoms. The van der Waals surface area contributed by atoms with Crippen LogP contribution in [0.3, 0.4) is 0 Å². The van der Waals surface area contributed by atoms with Crippen LogP contribution in [-0.4, -0.2) is 22.0 Å². The Hall–Kier alpha value is -1.62. The number of rotatable bonds is 3. The topological polar surface area (TPSA) is 79.3 Å². The van der Waals surface area contributed by atoms with Crippen LogP contribution in [0.15, 0.2) is 18.3 Å². The summed E-state index contributed by atoms with van der Waals surface area (Å²) in [7, 11) is 0. The van der Waals surface area contributed by atoms with E-state index in [0.29, 0.717) is 30.1 Å². The quantitative estimate of drug-likeness (QED) is 0.824. The number of anilines is 1. The lowest BCUT2D eigenvalue weighted by Gasteiger charge is -2.10. The Morgan fingerprint density at radius 1 is 1.33 bits per heavy atom. The summed E-state index contributed by atoms with van der Waals surface area (Å²) in [5.41, 5.74) is 0.572. The molecule has 0 saturated heterocycles. The van der Waals surface area contributed by atoms with Gasteiger partial charge < -0.3 is 10.4 Å². The van der Waals surface area contributed by atoms with Gasteiger partial charge in [0.15, 0.2) is 0 Å². The number of carboxylic acid groups (broad SMARTS) is 1. The van der Waals surface area contributed by atoms with E-state index in [-0.39, 0.29) is 11.8 Å². The third-order valence-corrected chi connectivity index (χ3v) is 3.37. The predicted octanol–water partition coefficient (Wildman–Crippen LogP) is 2.17. The number of carbonyl (C=O) groups excluding carboxylic acids is 1. The second kappa shape index (κ2) is 5.35. The van der Waals surface area contributed by atoms with E-state index in [1.54, 1.807) is 12.1 Å². The Balaban J connectivity index is 1.93. The average molecular weight is 269 g/mol. The van der Waals surface area contributed by atoms with E-state index in [2.05, 4.69) is 10.3 Å². The normalized spacial score (nSPS) is 22.7. The summed E-state index contributed by atoms with van der Waals surface area (Å²) in [6.07, 6.45) is 3.06. The van der Waals surface area contributed by atoms with Crippen LogP contribution in [0.4, 0.5) is 5.69 Å². The third kappa shape index (κ3) is 2.98. The van der Waals surface area contributed by atoms with Crippen LogP contribution < -0.4 is 5.32 Å². The van der Waals surface area contributed by atoms with Crippen LogP contribution >= 0.6 is 11.6 Å². The molecule has 6 heteroatoms. The van der Waals surface area contributed by atoms with Crippen LogP contribution in [0.5, 0.6) is 0 Å². The fourth-order valence-corrected chi connectivity index (χ4v) is 2.25. The molecule has 1 heterocycles. The molecule has 96 valence electrons. The molecule has 1 aromatic heterocycles. The third-order valence-electron chi connectivity index (χ3n) is 3.15. The van der Waals surface area contributed by atoms with Crippen LogP contribution in [0.1, 0.15) is 19.3 Å². The number of aromatic nitrogens is 1. The maximum atomic E-state index is 11.9. The van der Waals surface area contributed by atoms with Gasteiger partial charge in [-0.15, -0.1) is 0 Å². The number of aliphatic carboxylic acids is 1. The van der Waals surface area contributed by atoms with Crippen molar-refractivity contribution in [3.63, 3.8) is 0 Å². The summed E-state index contributed by atoms with van der Waals surface area (Å²) >= 11 is 5.64. The van der Waals surface area contributed by atoms with Crippen molar-refractivity contribution < 1.29 is 14.7 Å². The first-order valence-corrected chi connectivity index (χ1v) is 6.09. The molecular weight excluding hydrogens is 256 g/mol. The largest absolute Gasteiger partial charge is 0.481 e. The first-order chi connectivity index (χ1) is 8.56. The van der Waals surface area contributed by atoms with Crippen molar-refractivity contribution in [2.24, 2.45) is 11.8 Å².